The Bertz CT molecular complexity index is 1580. The predicted molar refractivity (Wildman–Crippen MR) is 167 cm³/mol. The van der Waals surface area contributed by atoms with Gasteiger partial charge in [0.1, 0.15) is 11.5 Å². The highest BCUT2D eigenvalue weighted by Gasteiger charge is 2.25. The number of anilines is 4. The van der Waals surface area contributed by atoms with E-state index in [0.29, 0.717) is 50.0 Å². The van der Waals surface area contributed by atoms with Gasteiger partial charge in [-0.3, -0.25) is 9.59 Å². The predicted octanol–water partition coefficient (Wildman–Crippen LogP) is 4.06. The molecule has 3 heterocycles. The van der Waals surface area contributed by atoms with Crippen LogP contribution in [0.4, 0.5) is 23.1 Å². The fourth-order valence-corrected chi connectivity index (χ4v) is 5.24. The summed E-state index contributed by atoms with van der Waals surface area (Å²) < 4.78 is 11.2. The zero-order chi connectivity index (χ0) is 30.3. The Morgan fingerprint density at radius 3 is 2.30 bits per heavy atom. The molecular formula is C32H34N8O4. The average Bonchev–Trinajstić information content (AvgIpc) is 3.06. The third-order valence-electron chi connectivity index (χ3n) is 7.51. The zero-order valence-corrected chi connectivity index (χ0v) is 24.2. The molecular weight excluding hydrogens is 560 g/mol. The fourth-order valence-electron chi connectivity index (χ4n) is 5.24. The van der Waals surface area contributed by atoms with E-state index in [1.165, 1.54) is 0 Å². The molecule has 6 rings (SSSR count). The summed E-state index contributed by atoms with van der Waals surface area (Å²) in [5.74, 6) is 1.37. The first kappa shape index (κ1) is 28.9. The van der Waals surface area contributed by atoms with E-state index in [0.717, 1.165) is 36.6 Å². The monoisotopic (exact) mass is 594 g/mol. The lowest BCUT2D eigenvalue weighted by Crippen LogP contribution is -2.43. The highest BCUT2D eigenvalue weighted by molar-refractivity contribution is 5.97. The quantitative estimate of drug-likeness (QED) is 0.259. The van der Waals surface area contributed by atoms with Crippen LogP contribution < -0.4 is 26.0 Å². The summed E-state index contributed by atoms with van der Waals surface area (Å²) in [7, 11) is 0. The van der Waals surface area contributed by atoms with Gasteiger partial charge in [0.05, 0.1) is 13.2 Å². The molecule has 1 atom stereocenters. The standard InChI is InChI=1S/C32H34N8O4/c33-29(41)28-30(35-24-10-8-22(9-11-24)31(42)39-17-19-43-20-18-39)36-32(38-37-28)40-16-4-5-25(21-40)34-23-12-14-27(15-13-23)44-26-6-2-1-3-7-26/h1-3,6-15,25,34H,4-5,16-21H2,(H2,33,41)(H,35,36,38)/t25-/m1/s1. The van der Waals surface area contributed by atoms with Crippen molar-refractivity contribution in [2.24, 2.45) is 5.73 Å². The Balaban J connectivity index is 1.11. The van der Waals surface area contributed by atoms with Crippen LogP contribution in [0.15, 0.2) is 78.9 Å². The van der Waals surface area contributed by atoms with Crippen molar-refractivity contribution in [2.45, 2.75) is 18.9 Å². The molecule has 44 heavy (non-hydrogen) atoms. The third kappa shape index (κ3) is 7.04. The number of morpholine rings is 1. The van der Waals surface area contributed by atoms with E-state index >= 15 is 0 Å². The van der Waals surface area contributed by atoms with E-state index < -0.39 is 5.91 Å². The molecule has 12 nitrogen and oxygen atoms in total. The fraction of sp³-hybridized carbons (Fsp3) is 0.281. The molecule has 4 N–H and O–H groups in total. The Labute approximate surface area is 255 Å². The maximum Gasteiger partial charge on any atom is 0.273 e. The molecule has 0 unspecified atom stereocenters. The van der Waals surface area contributed by atoms with E-state index in [1.54, 1.807) is 29.2 Å². The maximum atomic E-state index is 12.8. The van der Waals surface area contributed by atoms with Gasteiger partial charge in [-0.1, -0.05) is 18.2 Å². The number of hydrogen-bond acceptors (Lipinski definition) is 10. The van der Waals surface area contributed by atoms with Gasteiger partial charge in [-0.15, -0.1) is 10.2 Å². The normalized spacial score (nSPS) is 16.7. The molecule has 0 radical (unpaired) electrons. The number of benzene rings is 3. The molecule has 2 aliphatic heterocycles. The van der Waals surface area contributed by atoms with Crippen LogP contribution in [0.3, 0.4) is 0 Å². The van der Waals surface area contributed by atoms with Crippen LogP contribution in [0.2, 0.25) is 0 Å². The van der Waals surface area contributed by atoms with Crippen molar-refractivity contribution in [3.63, 3.8) is 0 Å². The van der Waals surface area contributed by atoms with E-state index in [9.17, 15) is 9.59 Å². The first-order valence-corrected chi connectivity index (χ1v) is 14.6. The van der Waals surface area contributed by atoms with E-state index in [1.807, 2.05) is 59.5 Å². The van der Waals surface area contributed by atoms with Gasteiger partial charge in [0.2, 0.25) is 5.95 Å². The number of ether oxygens (including phenoxy) is 2. The molecule has 226 valence electrons. The van der Waals surface area contributed by atoms with E-state index in [-0.39, 0.29) is 23.5 Å². The van der Waals surface area contributed by atoms with Crippen molar-refractivity contribution in [3.8, 4) is 11.5 Å². The highest BCUT2D eigenvalue weighted by Crippen LogP contribution is 2.26. The third-order valence-corrected chi connectivity index (χ3v) is 7.51. The van der Waals surface area contributed by atoms with Gasteiger partial charge in [-0.2, -0.15) is 4.98 Å². The van der Waals surface area contributed by atoms with Crippen LogP contribution in [0, 0.1) is 0 Å². The highest BCUT2D eigenvalue weighted by atomic mass is 16.5. The van der Waals surface area contributed by atoms with Crippen molar-refractivity contribution < 1.29 is 19.1 Å². The summed E-state index contributed by atoms with van der Waals surface area (Å²) in [6, 6.07) is 24.7. The summed E-state index contributed by atoms with van der Waals surface area (Å²) in [6.07, 6.45) is 1.90. The van der Waals surface area contributed by atoms with E-state index in [2.05, 4.69) is 25.8 Å². The molecule has 2 fully saturated rings. The van der Waals surface area contributed by atoms with Crippen LogP contribution in [-0.4, -0.2) is 77.3 Å². The number of para-hydroxylation sites is 1. The van der Waals surface area contributed by atoms with Crippen molar-refractivity contribution in [2.75, 3.05) is 54.9 Å². The largest absolute Gasteiger partial charge is 0.457 e. The molecule has 12 heteroatoms. The SMILES string of the molecule is NC(=O)c1nnc(N2CCC[C@@H](Nc3ccc(Oc4ccccc4)cc3)C2)nc1Nc1ccc(C(=O)N2CCOCC2)cc1. The number of nitrogens with one attached hydrogen (secondary N) is 2. The molecule has 0 aliphatic carbocycles. The number of aromatic nitrogens is 3. The first-order valence-electron chi connectivity index (χ1n) is 14.6. The number of nitrogens with two attached hydrogens (primary N) is 1. The topological polar surface area (TPSA) is 148 Å². The Morgan fingerprint density at radius 1 is 0.864 bits per heavy atom. The number of piperidine rings is 1. The number of carbonyl (C=O) groups excluding carboxylic acids is 2. The number of carbonyl (C=O) groups is 2. The molecule has 4 aromatic rings. The second-order valence-corrected chi connectivity index (χ2v) is 10.6. The number of nitrogens with zero attached hydrogens (tertiary/aromatic N) is 5. The number of amides is 2. The van der Waals surface area contributed by atoms with E-state index in [4.69, 9.17) is 15.2 Å². The zero-order valence-electron chi connectivity index (χ0n) is 24.2. The number of primary amides is 1. The van der Waals surface area contributed by atoms with Crippen LogP contribution in [-0.2, 0) is 4.74 Å². The Hall–Kier alpha value is -5.23. The van der Waals surface area contributed by atoms with Gasteiger partial charge in [0.25, 0.3) is 11.8 Å². The van der Waals surface area contributed by atoms with Gasteiger partial charge in [-0.25, -0.2) is 0 Å². The van der Waals surface area contributed by atoms with Crippen molar-refractivity contribution >= 4 is 35.0 Å². The minimum Gasteiger partial charge on any atom is -0.457 e. The molecule has 0 saturated carbocycles. The Kier molecular flexibility index (Phi) is 8.78. The minimum absolute atomic E-state index is 0.0478. The van der Waals surface area contributed by atoms with Crippen molar-refractivity contribution in [3.05, 3.63) is 90.1 Å². The lowest BCUT2D eigenvalue weighted by atomic mass is 10.1. The lowest BCUT2D eigenvalue weighted by molar-refractivity contribution is 0.0303. The van der Waals surface area contributed by atoms with Crippen LogP contribution in [0.1, 0.15) is 33.7 Å². The maximum absolute atomic E-state index is 12.8. The van der Waals surface area contributed by atoms with Gasteiger partial charge in [-0.05, 0) is 73.5 Å². The molecule has 0 spiro atoms. The smallest absolute Gasteiger partial charge is 0.273 e. The number of hydrogen-bond donors (Lipinski definition) is 3. The second-order valence-electron chi connectivity index (χ2n) is 10.6. The Morgan fingerprint density at radius 2 is 1.57 bits per heavy atom. The molecule has 3 aromatic carbocycles. The molecule has 2 saturated heterocycles. The number of rotatable bonds is 9. The van der Waals surface area contributed by atoms with Crippen LogP contribution in [0.25, 0.3) is 0 Å². The summed E-state index contributed by atoms with van der Waals surface area (Å²) in [6.45, 7) is 3.61. The van der Waals surface area contributed by atoms with Gasteiger partial charge >= 0.3 is 0 Å². The van der Waals surface area contributed by atoms with Crippen molar-refractivity contribution in [1.82, 2.24) is 20.1 Å². The van der Waals surface area contributed by atoms with Crippen LogP contribution >= 0.6 is 0 Å². The minimum atomic E-state index is -0.740. The average molecular weight is 595 g/mol. The van der Waals surface area contributed by atoms with Gasteiger partial charge in [0.15, 0.2) is 11.5 Å². The van der Waals surface area contributed by atoms with Crippen molar-refractivity contribution in [1.29, 1.82) is 0 Å². The second kappa shape index (κ2) is 13.4. The summed E-state index contributed by atoms with van der Waals surface area (Å²) in [4.78, 5) is 33.4. The summed E-state index contributed by atoms with van der Waals surface area (Å²) >= 11 is 0. The molecule has 1 aromatic heterocycles. The molecule has 2 amide bonds. The molecule has 0 bridgehead atoms. The van der Waals surface area contributed by atoms with Gasteiger partial charge in [0, 0.05) is 49.2 Å². The van der Waals surface area contributed by atoms with Gasteiger partial charge < -0.3 is 35.6 Å². The lowest BCUT2D eigenvalue weighted by Gasteiger charge is -2.33. The first-order chi connectivity index (χ1) is 21.5. The summed E-state index contributed by atoms with van der Waals surface area (Å²) in [5, 5.41) is 15.1. The molecule has 2 aliphatic rings. The van der Waals surface area contributed by atoms with Crippen LogP contribution in [0.5, 0.6) is 11.5 Å². The summed E-state index contributed by atoms with van der Waals surface area (Å²) in [5.41, 5.74) is 7.72.